The molecule has 1 aliphatic rings. The number of hydrogen-bond donors (Lipinski definition) is 0. The Hall–Kier alpha value is -2.12. The van der Waals surface area contributed by atoms with Crippen LogP contribution in [0, 0.1) is 0 Å². The minimum absolute atomic E-state index is 0.198. The van der Waals surface area contributed by atoms with Crippen molar-refractivity contribution in [3.8, 4) is 11.1 Å². The zero-order chi connectivity index (χ0) is 16.7. The third-order valence-corrected chi connectivity index (χ3v) is 5.74. The Labute approximate surface area is 148 Å². The van der Waals surface area contributed by atoms with E-state index in [4.69, 9.17) is 0 Å². The molecule has 3 aromatic rings. The zero-order valence-corrected chi connectivity index (χ0v) is 15.3. The molecule has 24 heavy (non-hydrogen) atoms. The highest BCUT2D eigenvalue weighted by atomic mass is 32.1. The lowest BCUT2D eigenvalue weighted by atomic mass is 9.86. The number of fused-ring (bicyclic) bond motifs is 1. The van der Waals surface area contributed by atoms with Crippen LogP contribution in [0.25, 0.3) is 22.8 Å². The Balaban J connectivity index is 1.75. The van der Waals surface area contributed by atoms with Gasteiger partial charge < -0.3 is 0 Å². The third-order valence-electron chi connectivity index (χ3n) is 4.80. The van der Waals surface area contributed by atoms with Crippen molar-refractivity contribution in [1.82, 2.24) is 0 Å². The largest absolute Gasteiger partial charge is 0.144 e. The van der Waals surface area contributed by atoms with Crippen LogP contribution in [0.3, 0.4) is 0 Å². The van der Waals surface area contributed by atoms with Gasteiger partial charge in [0.05, 0.1) is 0 Å². The second-order valence-electron chi connectivity index (χ2n) is 7.53. The van der Waals surface area contributed by atoms with Gasteiger partial charge in [-0.05, 0) is 62.7 Å². The van der Waals surface area contributed by atoms with E-state index >= 15 is 0 Å². The van der Waals surface area contributed by atoms with E-state index in [2.05, 4.69) is 86.8 Å². The monoisotopic (exact) mass is 330 g/mol. The Kier molecular flexibility index (Phi) is 3.69. The molecule has 1 aliphatic carbocycles. The number of benzene rings is 2. The van der Waals surface area contributed by atoms with Crippen molar-refractivity contribution >= 4 is 23.0 Å². The first kappa shape index (κ1) is 15.4. The Morgan fingerprint density at radius 3 is 2.33 bits per heavy atom. The van der Waals surface area contributed by atoms with E-state index in [1.54, 1.807) is 0 Å². The first-order chi connectivity index (χ1) is 11.5. The van der Waals surface area contributed by atoms with Crippen LogP contribution < -0.4 is 0 Å². The van der Waals surface area contributed by atoms with Gasteiger partial charge in [0.2, 0.25) is 0 Å². The summed E-state index contributed by atoms with van der Waals surface area (Å²) in [5.41, 5.74) is 8.51. The van der Waals surface area contributed by atoms with E-state index in [1.807, 2.05) is 11.3 Å². The Bertz CT molecular complexity index is 888. The van der Waals surface area contributed by atoms with Gasteiger partial charge >= 0.3 is 0 Å². The van der Waals surface area contributed by atoms with Gasteiger partial charge in [0.15, 0.2) is 0 Å². The molecule has 0 unspecified atom stereocenters. The van der Waals surface area contributed by atoms with Crippen molar-refractivity contribution in [2.24, 2.45) is 0 Å². The van der Waals surface area contributed by atoms with E-state index in [0.29, 0.717) is 0 Å². The van der Waals surface area contributed by atoms with Gasteiger partial charge in [0.25, 0.3) is 0 Å². The normalized spacial score (nSPS) is 13.7. The molecule has 1 heteroatoms. The predicted octanol–water partition coefficient (Wildman–Crippen LogP) is 6.81. The van der Waals surface area contributed by atoms with Crippen LogP contribution >= 0.6 is 11.3 Å². The average Bonchev–Trinajstić information content (AvgIpc) is 3.22. The zero-order valence-electron chi connectivity index (χ0n) is 14.5. The van der Waals surface area contributed by atoms with Gasteiger partial charge in [-0.2, -0.15) is 0 Å². The summed E-state index contributed by atoms with van der Waals surface area (Å²) in [5.74, 6) is 0. The maximum Gasteiger partial charge on any atom is 0.0305 e. The summed E-state index contributed by atoms with van der Waals surface area (Å²) >= 11 is 1.83. The molecule has 1 aromatic heterocycles. The number of rotatable bonds is 2. The number of hydrogen-bond acceptors (Lipinski definition) is 1. The van der Waals surface area contributed by atoms with Crippen molar-refractivity contribution in [2.45, 2.75) is 32.6 Å². The second-order valence-corrected chi connectivity index (χ2v) is 8.48. The fourth-order valence-corrected chi connectivity index (χ4v) is 4.13. The summed E-state index contributed by atoms with van der Waals surface area (Å²) in [6.45, 7) is 6.79. The fourth-order valence-electron chi connectivity index (χ4n) is 3.39. The fraction of sp³-hybridized carbons (Fsp3) is 0.217. The molecule has 0 saturated heterocycles. The minimum atomic E-state index is 0.198. The van der Waals surface area contributed by atoms with Crippen LogP contribution in [0.1, 0.15) is 42.3 Å². The summed E-state index contributed by atoms with van der Waals surface area (Å²) in [6, 6.07) is 20.1. The van der Waals surface area contributed by atoms with Gasteiger partial charge in [-0.25, -0.2) is 0 Å². The number of thiophene rings is 1. The van der Waals surface area contributed by atoms with Crippen molar-refractivity contribution in [1.29, 1.82) is 0 Å². The lowest BCUT2D eigenvalue weighted by Gasteiger charge is -2.19. The van der Waals surface area contributed by atoms with Crippen molar-refractivity contribution in [2.75, 3.05) is 0 Å². The highest BCUT2D eigenvalue weighted by Gasteiger charge is 2.19. The first-order valence-electron chi connectivity index (χ1n) is 8.50. The summed E-state index contributed by atoms with van der Waals surface area (Å²) in [7, 11) is 0. The van der Waals surface area contributed by atoms with Gasteiger partial charge in [-0.1, -0.05) is 69.3 Å². The van der Waals surface area contributed by atoms with Crippen LogP contribution in [-0.4, -0.2) is 0 Å². The molecular formula is C23H22S. The molecule has 0 N–H and O–H groups in total. The Morgan fingerprint density at radius 1 is 0.875 bits per heavy atom. The molecule has 0 bridgehead atoms. The topological polar surface area (TPSA) is 0 Å². The first-order valence-corrected chi connectivity index (χ1v) is 9.37. The SMILES string of the molecule is CC(C)(C)c1ccc(-c2cccc3c2C=C(c2cccs2)C3)cc1. The number of allylic oxidation sites excluding steroid dienone is 1. The van der Waals surface area contributed by atoms with Crippen LogP contribution in [0.5, 0.6) is 0 Å². The maximum absolute atomic E-state index is 2.38. The van der Waals surface area contributed by atoms with E-state index in [9.17, 15) is 0 Å². The summed E-state index contributed by atoms with van der Waals surface area (Å²) in [6.07, 6.45) is 3.43. The molecule has 0 spiro atoms. The highest BCUT2D eigenvalue weighted by molar-refractivity contribution is 7.11. The molecule has 0 atom stereocenters. The van der Waals surface area contributed by atoms with E-state index in [-0.39, 0.29) is 5.41 Å². The molecule has 0 nitrogen and oxygen atoms in total. The lowest BCUT2D eigenvalue weighted by molar-refractivity contribution is 0.590. The van der Waals surface area contributed by atoms with Gasteiger partial charge in [0.1, 0.15) is 0 Å². The lowest BCUT2D eigenvalue weighted by Crippen LogP contribution is -2.10. The van der Waals surface area contributed by atoms with Crippen LogP contribution in [0.4, 0.5) is 0 Å². The van der Waals surface area contributed by atoms with Gasteiger partial charge in [-0.15, -0.1) is 11.3 Å². The summed E-state index contributed by atoms with van der Waals surface area (Å²) in [5, 5.41) is 2.16. The molecule has 0 aliphatic heterocycles. The van der Waals surface area contributed by atoms with Crippen molar-refractivity contribution < 1.29 is 0 Å². The average molecular weight is 330 g/mol. The van der Waals surface area contributed by atoms with Crippen molar-refractivity contribution in [3.05, 3.63) is 81.5 Å². The summed E-state index contributed by atoms with van der Waals surface area (Å²) < 4.78 is 0. The Morgan fingerprint density at radius 2 is 1.67 bits per heavy atom. The van der Waals surface area contributed by atoms with Crippen LogP contribution in [0.15, 0.2) is 60.0 Å². The third kappa shape index (κ3) is 2.74. The van der Waals surface area contributed by atoms with E-state index < -0.39 is 0 Å². The van der Waals surface area contributed by atoms with Crippen molar-refractivity contribution in [3.63, 3.8) is 0 Å². The van der Waals surface area contributed by atoms with Gasteiger partial charge in [0, 0.05) is 4.88 Å². The van der Waals surface area contributed by atoms with Gasteiger partial charge in [-0.3, -0.25) is 0 Å². The molecule has 120 valence electrons. The second kappa shape index (κ2) is 5.75. The van der Waals surface area contributed by atoms with E-state index in [1.165, 1.54) is 38.3 Å². The standard InChI is InChI=1S/C23H22S/c1-23(2,3)19-11-9-16(10-12-19)20-7-4-6-17-14-18(15-21(17)20)22-8-5-13-24-22/h4-13,15H,14H2,1-3H3. The molecule has 1 heterocycles. The van der Waals surface area contributed by atoms with Crippen LogP contribution in [0.2, 0.25) is 0 Å². The predicted molar refractivity (Wildman–Crippen MR) is 106 cm³/mol. The molecule has 0 amide bonds. The molecular weight excluding hydrogens is 308 g/mol. The molecule has 0 saturated carbocycles. The summed E-state index contributed by atoms with van der Waals surface area (Å²) in [4.78, 5) is 1.39. The highest BCUT2D eigenvalue weighted by Crippen LogP contribution is 2.39. The van der Waals surface area contributed by atoms with E-state index in [0.717, 1.165) is 6.42 Å². The molecule has 0 radical (unpaired) electrons. The molecule has 4 rings (SSSR count). The van der Waals surface area contributed by atoms with Crippen LogP contribution in [-0.2, 0) is 11.8 Å². The minimum Gasteiger partial charge on any atom is -0.144 e. The smallest absolute Gasteiger partial charge is 0.0305 e. The quantitative estimate of drug-likeness (QED) is 0.484. The maximum atomic E-state index is 2.38. The molecule has 2 aromatic carbocycles. The molecule has 0 fully saturated rings.